The number of methoxy groups -OCH3 is 1. The number of hydrogen-bond acceptors (Lipinski definition) is 4. The highest BCUT2D eigenvalue weighted by Gasteiger charge is 2.29. The van der Waals surface area contributed by atoms with Crippen molar-refractivity contribution in [1.82, 2.24) is 16.2 Å². The molecule has 0 bridgehead atoms. The molecule has 0 amide bonds. The molecule has 3 rings (SSSR count). The number of benzene rings is 1. The van der Waals surface area contributed by atoms with Crippen LogP contribution >= 0.6 is 0 Å². The van der Waals surface area contributed by atoms with Crippen LogP contribution in [0.1, 0.15) is 44.2 Å². The molecule has 2 unspecified atom stereocenters. The van der Waals surface area contributed by atoms with Crippen LogP contribution in [0.4, 0.5) is 0 Å². The summed E-state index contributed by atoms with van der Waals surface area (Å²) in [5, 5.41) is 3.80. The van der Waals surface area contributed by atoms with Gasteiger partial charge in [0.25, 0.3) is 0 Å². The molecule has 4 nitrogen and oxygen atoms in total. The Hall–Kier alpha value is -1.10. The van der Waals surface area contributed by atoms with Crippen LogP contribution in [0.15, 0.2) is 24.3 Å². The normalized spacial score (nSPS) is 32.1. The summed E-state index contributed by atoms with van der Waals surface area (Å²) in [7, 11) is 1.71. The molecule has 0 spiro atoms. The van der Waals surface area contributed by atoms with E-state index in [9.17, 15) is 0 Å². The van der Waals surface area contributed by atoms with Crippen LogP contribution in [0.25, 0.3) is 0 Å². The monoisotopic (exact) mass is 303 g/mol. The second kappa shape index (κ2) is 7.44. The third kappa shape index (κ3) is 3.80. The van der Waals surface area contributed by atoms with E-state index in [1.54, 1.807) is 7.11 Å². The zero-order valence-electron chi connectivity index (χ0n) is 13.8. The summed E-state index contributed by atoms with van der Waals surface area (Å²) in [4.78, 5) is 0. The number of hydrogen-bond donors (Lipinski definition) is 3. The maximum Gasteiger partial charge on any atom is 0.118 e. The first-order chi connectivity index (χ1) is 10.8. The first-order valence-corrected chi connectivity index (χ1v) is 8.62. The second-order valence-corrected chi connectivity index (χ2v) is 6.90. The van der Waals surface area contributed by atoms with Gasteiger partial charge in [-0.05, 0) is 49.3 Å². The lowest BCUT2D eigenvalue weighted by Gasteiger charge is -2.29. The lowest BCUT2D eigenvalue weighted by Crippen LogP contribution is -2.37. The van der Waals surface area contributed by atoms with Crippen LogP contribution in [-0.4, -0.2) is 26.2 Å². The predicted octanol–water partition coefficient (Wildman–Crippen LogP) is 2.63. The fourth-order valence-electron chi connectivity index (χ4n) is 3.67. The van der Waals surface area contributed by atoms with Crippen molar-refractivity contribution in [1.29, 1.82) is 0 Å². The van der Waals surface area contributed by atoms with E-state index < -0.39 is 0 Å². The maximum atomic E-state index is 5.25. The summed E-state index contributed by atoms with van der Waals surface area (Å²) in [6.45, 7) is 4.48. The highest BCUT2D eigenvalue weighted by Crippen LogP contribution is 2.27. The van der Waals surface area contributed by atoms with Crippen molar-refractivity contribution < 1.29 is 4.74 Å². The molecule has 22 heavy (non-hydrogen) atoms. The van der Waals surface area contributed by atoms with E-state index in [0.717, 1.165) is 24.8 Å². The van der Waals surface area contributed by atoms with Crippen molar-refractivity contribution in [2.45, 2.75) is 44.7 Å². The Kier molecular flexibility index (Phi) is 5.34. The molecule has 3 N–H and O–H groups in total. The third-order valence-electron chi connectivity index (χ3n) is 5.25. The Morgan fingerprint density at radius 1 is 1.14 bits per heavy atom. The van der Waals surface area contributed by atoms with Gasteiger partial charge in [-0.15, -0.1) is 0 Å². The SMILES string of the molecule is COc1ccc(C2NNCC2CNC2CCC(C)CC2)cc1. The van der Waals surface area contributed by atoms with E-state index in [-0.39, 0.29) is 0 Å². The van der Waals surface area contributed by atoms with Crippen molar-refractivity contribution >= 4 is 0 Å². The van der Waals surface area contributed by atoms with Crippen molar-refractivity contribution in [3.8, 4) is 5.75 Å². The Morgan fingerprint density at radius 2 is 1.86 bits per heavy atom. The van der Waals surface area contributed by atoms with E-state index in [0.29, 0.717) is 18.0 Å². The van der Waals surface area contributed by atoms with Crippen molar-refractivity contribution in [2.24, 2.45) is 11.8 Å². The molecule has 2 aliphatic rings. The summed E-state index contributed by atoms with van der Waals surface area (Å²) >= 11 is 0. The maximum absolute atomic E-state index is 5.25. The van der Waals surface area contributed by atoms with Gasteiger partial charge in [0.05, 0.1) is 13.2 Å². The van der Waals surface area contributed by atoms with Crippen LogP contribution in [-0.2, 0) is 0 Å². The molecule has 1 aromatic carbocycles. The van der Waals surface area contributed by atoms with Gasteiger partial charge in [-0.1, -0.05) is 19.1 Å². The highest BCUT2D eigenvalue weighted by atomic mass is 16.5. The fourth-order valence-corrected chi connectivity index (χ4v) is 3.67. The van der Waals surface area contributed by atoms with E-state index in [1.165, 1.54) is 31.2 Å². The van der Waals surface area contributed by atoms with E-state index in [1.807, 2.05) is 12.1 Å². The lowest BCUT2D eigenvalue weighted by atomic mass is 9.87. The van der Waals surface area contributed by atoms with Crippen LogP contribution < -0.4 is 20.9 Å². The zero-order valence-corrected chi connectivity index (χ0v) is 13.8. The molecular weight excluding hydrogens is 274 g/mol. The summed E-state index contributed by atoms with van der Waals surface area (Å²) in [6, 6.07) is 9.51. The van der Waals surface area contributed by atoms with Crippen LogP contribution in [0.2, 0.25) is 0 Å². The number of rotatable bonds is 5. The van der Waals surface area contributed by atoms with Gasteiger partial charge in [-0.2, -0.15) is 0 Å². The minimum absolute atomic E-state index is 0.376. The third-order valence-corrected chi connectivity index (χ3v) is 5.25. The number of nitrogens with one attached hydrogen (secondary N) is 3. The summed E-state index contributed by atoms with van der Waals surface area (Å²) in [5.74, 6) is 2.42. The van der Waals surface area contributed by atoms with Gasteiger partial charge in [-0.3, -0.25) is 5.43 Å². The molecule has 1 saturated carbocycles. The highest BCUT2D eigenvalue weighted by molar-refractivity contribution is 5.30. The minimum Gasteiger partial charge on any atom is -0.497 e. The van der Waals surface area contributed by atoms with Gasteiger partial charge < -0.3 is 10.1 Å². The molecule has 1 aromatic rings. The summed E-state index contributed by atoms with van der Waals surface area (Å²) in [5.41, 5.74) is 8.08. The van der Waals surface area contributed by atoms with Gasteiger partial charge >= 0.3 is 0 Å². The lowest BCUT2D eigenvalue weighted by molar-refractivity contribution is 0.292. The molecule has 1 aliphatic carbocycles. The second-order valence-electron chi connectivity index (χ2n) is 6.90. The largest absolute Gasteiger partial charge is 0.497 e. The van der Waals surface area contributed by atoms with Gasteiger partial charge in [-0.25, -0.2) is 5.43 Å². The topological polar surface area (TPSA) is 45.3 Å². The Balaban J connectivity index is 1.53. The zero-order chi connectivity index (χ0) is 15.4. The minimum atomic E-state index is 0.376. The molecule has 1 aliphatic heterocycles. The van der Waals surface area contributed by atoms with Gasteiger partial charge in [0.15, 0.2) is 0 Å². The first kappa shape index (κ1) is 15.8. The van der Waals surface area contributed by atoms with E-state index >= 15 is 0 Å². The molecule has 0 aromatic heterocycles. The number of hydrazine groups is 1. The Bertz CT molecular complexity index is 454. The average molecular weight is 303 g/mol. The molecule has 0 radical (unpaired) electrons. The van der Waals surface area contributed by atoms with Crippen LogP contribution in [0, 0.1) is 11.8 Å². The molecule has 2 atom stereocenters. The molecule has 122 valence electrons. The van der Waals surface area contributed by atoms with Gasteiger partial charge in [0.2, 0.25) is 0 Å². The van der Waals surface area contributed by atoms with Gasteiger partial charge in [0.1, 0.15) is 5.75 Å². The predicted molar refractivity (Wildman–Crippen MR) is 89.8 cm³/mol. The number of ether oxygens (including phenoxy) is 1. The van der Waals surface area contributed by atoms with E-state index in [4.69, 9.17) is 4.74 Å². The average Bonchev–Trinajstić information content (AvgIpc) is 3.03. The van der Waals surface area contributed by atoms with Crippen molar-refractivity contribution in [2.75, 3.05) is 20.2 Å². The molecule has 1 heterocycles. The molecule has 2 fully saturated rings. The van der Waals surface area contributed by atoms with Crippen LogP contribution in [0.3, 0.4) is 0 Å². The van der Waals surface area contributed by atoms with Crippen molar-refractivity contribution in [3.05, 3.63) is 29.8 Å². The Labute approximate surface area is 134 Å². The fraction of sp³-hybridized carbons (Fsp3) is 0.667. The van der Waals surface area contributed by atoms with Gasteiger partial charge in [0, 0.05) is 25.0 Å². The molecular formula is C18H29N3O. The first-order valence-electron chi connectivity index (χ1n) is 8.62. The Morgan fingerprint density at radius 3 is 2.55 bits per heavy atom. The summed E-state index contributed by atoms with van der Waals surface area (Å²) < 4.78 is 5.25. The molecule has 4 heteroatoms. The smallest absolute Gasteiger partial charge is 0.118 e. The quantitative estimate of drug-likeness (QED) is 0.782. The summed E-state index contributed by atoms with van der Waals surface area (Å²) in [6.07, 6.45) is 5.42. The van der Waals surface area contributed by atoms with E-state index in [2.05, 4.69) is 35.2 Å². The van der Waals surface area contributed by atoms with Crippen molar-refractivity contribution in [3.63, 3.8) is 0 Å². The molecule has 1 saturated heterocycles. The standard InChI is InChI=1S/C18H29N3O/c1-13-3-7-16(8-4-13)19-11-15-12-20-21-18(15)14-5-9-17(22-2)10-6-14/h5-6,9-10,13,15-16,18-21H,3-4,7-8,11-12H2,1-2H3. The van der Waals surface area contributed by atoms with Crippen LogP contribution in [0.5, 0.6) is 5.75 Å².